The number of phenols is 2. The van der Waals surface area contributed by atoms with Crippen LogP contribution < -0.4 is 5.43 Å². The molecule has 122 valence electrons. The number of carbonyl (C=O) groups is 1. The average Bonchev–Trinajstić information content (AvgIpc) is 2.98. The van der Waals surface area contributed by atoms with Crippen LogP contribution in [-0.2, 0) is 4.79 Å². The van der Waals surface area contributed by atoms with E-state index in [2.05, 4.69) is 15.5 Å². The van der Waals surface area contributed by atoms with Gasteiger partial charge in [-0.1, -0.05) is 23.9 Å². The first-order valence-electron chi connectivity index (χ1n) is 6.94. The van der Waals surface area contributed by atoms with Crippen molar-refractivity contribution >= 4 is 45.4 Å². The number of hydrogen-bond acceptors (Lipinski definition) is 7. The fraction of sp³-hybridized carbons (Fsp3) is 0.0625. The highest BCUT2D eigenvalue weighted by molar-refractivity contribution is 8.01. The first-order valence-corrected chi connectivity index (χ1v) is 8.74. The Morgan fingerprint density at radius 3 is 2.92 bits per heavy atom. The van der Waals surface area contributed by atoms with Gasteiger partial charge in [0.1, 0.15) is 11.5 Å². The van der Waals surface area contributed by atoms with Crippen LogP contribution in [-0.4, -0.2) is 33.1 Å². The lowest BCUT2D eigenvalue weighted by Crippen LogP contribution is -2.19. The summed E-state index contributed by atoms with van der Waals surface area (Å²) in [6.07, 6.45) is 1.31. The molecule has 1 heterocycles. The van der Waals surface area contributed by atoms with Crippen molar-refractivity contribution in [3.63, 3.8) is 0 Å². The summed E-state index contributed by atoms with van der Waals surface area (Å²) < 4.78 is 1.91. The van der Waals surface area contributed by atoms with Crippen molar-refractivity contribution in [2.24, 2.45) is 5.10 Å². The monoisotopic (exact) mass is 359 g/mol. The first kappa shape index (κ1) is 16.3. The molecule has 0 saturated carbocycles. The Balaban J connectivity index is 1.53. The Kier molecular flexibility index (Phi) is 4.97. The van der Waals surface area contributed by atoms with Gasteiger partial charge in [-0.25, -0.2) is 10.4 Å². The fourth-order valence-electron chi connectivity index (χ4n) is 1.89. The van der Waals surface area contributed by atoms with Gasteiger partial charge >= 0.3 is 0 Å². The summed E-state index contributed by atoms with van der Waals surface area (Å²) in [6, 6.07) is 11.9. The summed E-state index contributed by atoms with van der Waals surface area (Å²) >= 11 is 2.88. The Morgan fingerprint density at radius 2 is 2.12 bits per heavy atom. The smallest absolute Gasteiger partial charge is 0.250 e. The van der Waals surface area contributed by atoms with Crippen molar-refractivity contribution in [3.8, 4) is 11.5 Å². The van der Waals surface area contributed by atoms with Crippen LogP contribution >= 0.6 is 23.1 Å². The number of amides is 1. The van der Waals surface area contributed by atoms with Crippen LogP contribution in [0.3, 0.4) is 0 Å². The molecule has 0 spiro atoms. The van der Waals surface area contributed by atoms with Crippen LogP contribution in [0.2, 0.25) is 0 Å². The van der Waals surface area contributed by atoms with Crippen molar-refractivity contribution in [1.82, 2.24) is 10.4 Å². The van der Waals surface area contributed by atoms with Gasteiger partial charge in [-0.15, -0.1) is 11.3 Å². The van der Waals surface area contributed by atoms with E-state index >= 15 is 0 Å². The van der Waals surface area contributed by atoms with E-state index in [4.69, 9.17) is 0 Å². The molecular weight excluding hydrogens is 346 g/mol. The molecule has 3 rings (SSSR count). The molecule has 1 aromatic heterocycles. The molecule has 0 aliphatic rings. The number of para-hydroxylation sites is 1. The highest BCUT2D eigenvalue weighted by Gasteiger charge is 2.07. The van der Waals surface area contributed by atoms with Gasteiger partial charge in [0.2, 0.25) is 0 Å². The zero-order valence-corrected chi connectivity index (χ0v) is 14.0. The number of phenolic OH excluding ortho intramolecular Hbond substituents is 2. The second kappa shape index (κ2) is 7.33. The summed E-state index contributed by atoms with van der Waals surface area (Å²) in [6.45, 7) is 0. The SMILES string of the molecule is O=C(CSc1nc2ccccc2s1)N/N=C\c1ccc(O)cc1O. The lowest BCUT2D eigenvalue weighted by atomic mass is 10.2. The van der Waals surface area contributed by atoms with Crippen LogP contribution in [0.1, 0.15) is 5.56 Å². The highest BCUT2D eigenvalue weighted by atomic mass is 32.2. The van der Waals surface area contributed by atoms with Crippen molar-refractivity contribution in [1.29, 1.82) is 0 Å². The van der Waals surface area contributed by atoms with Crippen molar-refractivity contribution in [2.45, 2.75) is 4.34 Å². The van der Waals surface area contributed by atoms with E-state index in [1.807, 2.05) is 24.3 Å². The van der Waals surface area contributed by atoms with E-state index in [-0.39, 0.29) is 23.2 Å². The third-order valence-corrected chi connectivity index (χ3v) is 5.19. The number of aromatic hydroxyl groups is 2. The van der Waals surface area contributed by atoms with Gasteiger partial charge in [-0.2, -0.15) is 5.10 Å². The molecule has 1 amide bonds. The maximum Gasteiger partial charge on any atom is 0.250 e. The third kappa shape index (κ3) is 4.03. The van der Waals surface area contributed by atoms with Gasteiger partial charge in [0.25, 0.3) is 5.91 Å². The van der Waals surface area contributed by atoms with Crippen LogP contribution in [0.5, 0.6) is 11.5 Å². The molecule has 0 atom stereocenters. The number of carbonyl (C=O) groups excluding carboxylic acids is 1. The van der Waals surface area contributed by atoms with E-state index in [9.17, 15) is 15.0 Å². The van der Waals surface area contributed by atoms with E-state index in [1.165, 1.54) is 47.5 Å². The molecule has 0 unspecified atom stereocenters. The number of nitrogens with one attached hydrogen (secondary N) is 1. The zero-order chi connectivity index (χ0) is 16.9. The number of hydrazone groups is 1. The van der Waals surface area contributed by atoms with Crippen LogP contribution in [0.25, 0.3) is 10.2 Å². The van der Waals surface area contributed by atoms with Crippen LogP contribution in [0.15, 0.2) is 51.9 Å². The largest absolute Gasteiger partial charge is 0.508 e. The number of thiazole rings is 1. The number of hydrogen-bond donors (Lipinski definition) is 3. The number of benzene rings is 2. The Hall–Kier alpha value is -2.58. The van der Waals surface area contributed by atoms with E-state index < -0.39 is 0 Å². The lowest BCUT2D eigenvalue weighted by Gasteiger charge is -2.00. The normalized spacial score (nSPS) is 11.2. The third-order valence-electron chi connectivity index (χ3n) is 3.01. The van der Waals surface area contributed by atoms with Gasteiger partial charge in [-0.3, -0.25) is 4.79 Å². The maximum atomic E-state index is 11.8. The Labute approximate surface area is 145 Å². The standard InChI is InChI=1S/C16H13N3O3S2/c20-11-6-5-10(13(21)7-11)8-17-19-15(22)9-23-16-18-12-3-1-2-4-14(12)24-16/h1-8,20-21H,9H2,(H,19,22)/b17-8-. The molecule has 0 bridgehead atoms. The number of rotatable bonds is 5. The van der Waals surface area contributed by atoms with E-state index in [0.29, 0.717) is 5.56 Å². The lowest BCUT2D eigenvalue weighted by molar-refractivity contribution is -0.118. The minimum Gasteiger partial charge on any atom is -0.508 e. The molecule has 0 aliphatic carbocycles. The Morgan fingerprint density at radius 1 is 1.29 bits per heavy atom. The van der Waals surface area contributed by atoms with E-state index in [0.717, 1.165) is 14.6 Å². The van der Waals surface area contributed by atoms with Crippen molar-refractivity contribution < 1.29 is 15.0 Å². The fourth-order valence-corrected chi connectivity index (χ4v) is 3.75. The van der Waals surface area contributed by atoms with Gasteiger partial charge in [0.15, 0.2) is 4.34 Å². The molecule has 0 aliphatic heterocycles. The Bertz CT molecular complexity index is 875. The van der Waals surface area contributed by atoms with Crippen LogP contribution in [0, 0.1) is 0 Å². The molecule has 3 aromatic rings. The summed E-state index contributed by atoms with van der Waals surface area (Å²) in [5.74, 6) is -0.231. The predicted octanol–water partition coefficient (Wildman–Crippen LogP) is 2.95. The molecular formula is C16H13N3O3S2. The number of fused-ring (bicyclic) bond motifs is 1. The number of thioether (sulfide) groups is 1. The maximum absolute atomic E-state index is 11.8. The van der Waals surface area contributed by atoms with Crippen LogP contribution in [0.4, 0.5) is 0 Å². The molecule has 6 nitrogen and oxygen atoms in total. The summed E-state index contributed by atoms with van der Waals surface area (Å²) in [5.41, 5.74) is 3.71. The molecule has 0 radical (unpaired) electrons. The average molecular weight is 359 g/mol. The first-order chi connectivity index (χ1) is 11.6. The van der Waals surface area contributed by atoms with Gasteiger partial charge in [0.05, 0.1) is 22.2 Å². The van der Waals surface area contributed by atoms with Gasteiger partial charge in [-0.05, 0) is 24.3 Å². The van der Waals surface area contributed by atoms with Gasteiger partial charge in [0, 0.05) is 11.6 Å². The number of nitrogens with zero attached hydrogens (tertiary/aromatic N) is 2. The summed E-state index contributed by atoms with van der Waals surface area (Å²) in [7, 11) is 0. The predicted molar refractivity (Wildman–Crippen MR) is 95.9 cm³/mol. The highest BCUT2D eigenvalue weighted by Crippen LogP contribution is 2.29. The minimum atomic E-state index is -0.270. The van der Waals surface area contributed by atoms with Crippen molar-refractivity contribution in [2.75, 3.05) is 5.75 Å². The second-order valence-electron chi connectivity index (χ2n) is 4.77. The number of aromatic nitrogens is 1. The quantitative estimate of drug-likeness (QED) is 0.370. The zero-order valence-electron chi connectivity index (χ0n) is 12.3. The summed E-state index contributed by atoms with van der Waals surface area (Å²) in [4.78, 5) is 16.2. The molecule has 0 fully saturated rings. The molecule has 0 saturated heterocycles. The second-order valence-corrected chi connectivity index (χ2v) is 7.03. The molecule has 8 heteroatoms. The molecule has 2 aromatic carbocycles. The van der Waals surface area contributed by atoms with E-state index in [1.54, 1.807) is 0 Å². The van der Waals surface area contributed by atoms with Gasteiger partial charge < -0.3 is 10.2 Å². The molecule has 3 N–H and O–H groups in total. The summed E-state index contributed by atoms with van der Waals surface area (Å²) in [5, 5.41) is 22.6. The van der Waals surface area contributed by atoms with Crippen molar-refractivity contribution in [3.05, 3.63) is 48.0 Å². The minimum absolute atomic E-state index is 0.0408. The topological polar surface area (TPSA) is 94.8 Å². The molecule has 24 heavy (non-hydrogen) atoms.